The van der Waals surface area contributed by atoms with Crippen molar-refractivity contribution in [1.82, 2.24) is 14.7 Å². The smallest absolute Gasteiger partial charge is 0.258 e. The van der Waals surface area contributed by atoms with Crippen molar-refractivity contribution in [3.05, 3.63) is 33.7 Å². The monoisotopic (exact) mass is 391 g/mol. The van der Waals surface area contributed by atoms with E-state index in [-0.39, 0.29) is 22.9 Å². The lowest BCUT2D eigenvalue weighted by Crippen LogP contribution is -2.47. The molecule has 2 aliphatic rings. The van der Waals surface area contributed by atoms with E-state index in [4.69, 9.17) is 0 Å². The van der Waals surface area contributed by atoms with Gasteiger partial charge in [-0.2, -0.15) is 0 Å². The standard InChI is InChI=1S/C19H25N3O2S2/c1-18(2)12-4-5-19(18,3)14(8-12)21-15(23)11-25-10-13-9-16(24)22-6-7-26-17(22)20-13/h6-7,9,12,14H,4-5,8,10-11H2,1-3H3,(H,21,23). The average molecular weight is 392 g/mol. The summed E-state index contributed by atoms with van der Waals surface area (Å²) in [6.07, 6.45) is 5.33. The third kappa shape index (κ3) is 2.80. The summed E-state index contributed by atoms with van der Waals surface area (Å²) in [6.45, 7) is 7.05. The minimum Gasteiger partial charge on any atom is -0.352 e. The molecule has 2 heterocycles. The highest BCUT2D eigenvalue weighted by Gasteiger charge is 2.61. The molecular weight excluding hydrogens is 366 g/mol. The topological polar surface area (TPSA) is 63.5 Å². The second kappa shape index (κ2) is 6.37. The molecular formula is C19H25N3O2S2. The van der Waals surface area contributed by atoms with Gasteiger partial charge in [-0.25, -0.2) is 4.98 Å². The number of aromatic nitrogens is 2. The van der Waals surface area contributed by atoms with Crippen molar-refractivity contribution >= 4 is 34.0 Å². The Morgan fingerprint density at radius 3 is 2.96 bits per heavy atom. The van der Waals surface area contributed by atoms with Crippen molar-refractivity contribution in [2.75, 3.05) is 5.75 Å². The first-order chi connectivity index (χ1) is 12.3. The molecule has 5 nitrogen and oxygen atoms in total. The van der Waals surface area contributed by atoms with Crippen LogP contribution in [0.1, 0.15) is 45.7 Å². The van der Waals surface area contributed by atoms with Gasteiger partial charge in [0.25, 0.3) is 5.56 Å². The molecule has 0 radical (unpaired) electrons. The zero-order valence-electron chi connectivity index (χ0n) is 15.4. The van der Waals surface area contributed by atoms with Crippen LogP contribution in [0.15, 0.2) is 22.4 Å². The summed E-state index contributed by atoms with van der Waals surface area (Å²) in [4.78, 5) is 29.6. The Labute approximate surface area is 161 Å². The molecule has 2 saturated carbocycles. The summed E-state index contributed by atoms with van der Waals surface area (Å²) < 4.78 is 1.54. The summed E-state index contributed by atoms with van der Waals surface area (Å²) in [7, 11) is 0. The Balaban J connectivity index is 1.33. The van der Waals surface area contributed by atoms with Crippen molar-refractivity contribution < 1.29 is 4.79 Å². The lowest BCUT2D eigenvalue weighted by molar-refractivity contribution is -0.120. The number of fused-ring (bicyclic) bond motifs is 3. The molecule has 140 valence electrons. The number of thioether (sulfide) groups is 1. The summed E-state index contributed by atoms with van der Waals surface area (Å²) in [5, 5.41) is 5.14. The third-order valence-electron chi connectivity index (χ3n) is 6.97. The lowest BCUT2D eigenvalue weighted by atomic mass is 9.69. The number of amides is 1. The van der Waals surface area contributed by atoms with E-state index in [1.807, 2.05) is 5.38 Å². The highest BCUT2D eigenvalue weighted by molar-refractivity contribution is 7.99. The van der Waals surface area contributed by atoms with Crippen molar-refractivity contribution in [2.45, 2.75) is 51.8 Å². The van der Waals surface area contributed by atoms with Crippen LogP contribution in [0.4, 0.5) is 0 Å². The lowest BCUT2D eigenvalue weighted by Gasteiger charge is -2.39. The molecule has 2 aliphatic carbocycles. The van der Waals surface area contributed by atoms with Crippen molar-refractivity contribution in [1.29, 1.82) is 0 Å². The molecule has 2 aromatic heterocycles. The van der Waals surface area contributed by atoms with Crippen LogP contribution in [-0.2, 0) is 10.5 Å². The van der Waals surface area contributed by atoms with Crippen LogP contribution in [0.5, 0.6) is 0 Å². The maximum atomic E-state index is 12.4. The van der Waals surface area contributed by atoms with E-state index in [1.165, 1.54) is 35.9 Å². The molecule has 0 saturated heterocycles. The minimum absolute atomic E-state index is 0.0616. The van der Waals surface area contributed by atoms with Crippen molar-refractivity contribution in [2.24, 2.45) is 16.7 Å². The first-order valence-electron chi connectivity index (χ1n) is 9.14. The molecule has 0 spiro atoms. The molecule has 3 unspecified atom stereocenters. The number of carbonyl (C=O) groups excluding carboxylic acids is 1. The Kier molecular flexibility index (Phi) is 4.42. The molecule has 2 bridgehead atoms. The predicted octanol–water partition coefficient (Wildman–Crippen LogP) is 3.32. The average Bonchev–Trinajstić information content (AvgIpc) is 3.18. The largest absolute Gasteiger partial charge is 0.352 e. The highest BCUT2D eigenvalue weighted by atomic mass is 32.2. The fourth-order valence-corrected chi connectivity index (χ4v) is 6.33. The number of nitrogens with zero attached hydrogens (tertiary/aromatic N) is 2. The van der Waals surface area contributed by atoms with E-state index in [0.29, 0.717) is 21.9 Å². The number of hydrogen-bond acceptors (Lipinski definition) is 5. The number of carbonyl (C=O) groups is 1. The van der Waals surface area contributed by atoms with Gasteiger partial charge < -0.3 is 5.32 Å². The minimum atomic E-state index is -0.0616. The highest BCUT2D eigenvalue weighted by Crippen LogP contribution is 2.65. The quantitative estimate of drug-likeness (QED) is 0.849. The molecule has 0 aliphatic heterocycles. The second-order valence-electron chi connectivity index (χ2n) is 8.36. The van der Waals surface area contributed by atoms with Gasteiger partial charge in [-0.05, 0) is 36.0 Å². The van der Waals surface area contributed by atoms with Crippen LogP contribution >= 0.6 is 23.1 Å². The fourth-order valence-electron chi connectivity index (χ4n) is 4.87. The van der Waals surface area contributed by atoms with Crippen molar-refractivity contribution in [3.8, 4) is 0 Å². The van der Waals surface area contributed by atoms with Crippen LogP contribution in [0.25, 0.3) is 4.96 Å². The summed E-state index contributed by atoms with van der Waals surface area (Å²) in [5.74, 6) is 1.80. The first-order valence-corrected chi connectivity index (χ1v) is 11.2. The Hall–Kier alpha value is -1.34. The number of nitrogens with one attached hydrogen (secondary N) is 1. The molecule has 1 N–H and O–H groups in total. The van der Waals surface area contributed by atoms with Crippen molar-refractivity contribution in [3.63, 3.8) is 0 Å². The number of thiazole rings is 1. The molecule has 7 heteroatoms. The van der Waals surface area contributed by atoms with E-state index in [1.54, 1.807) is 16.7 Å². The van der Waals surface area contributed by atoms with Crippen LogP contribution in [0.2, 0.25) is 0 Å². The van der Waals surface area contributed by atoms with Crippen LogP contribution in [0, 0.1) is 16.7 Å². The summed E-state index contributed by atoms with van der Waals surface area (Å²) in [6, 6.07) is 1.85. The van der Waals surface area contributed by atoms with E-state index < -0.39 is 0 Å². The Bertz CT molecular complexity index is 904. The maximum Gasteiger partial charge on any atom is 0.258 e. The third-order valence-corrected chi connectivity index (χ3v) is 8.69. The van der Waals surface area contributed by atoms with Gasteiger partial charge in [0.15, 0.2) is 4.96 Å². The van der Waals surface area contributed by atoms with Gasteiger partial charge in [0.05, 0.1) is 11.4 Å². The maximum absolute atomic E-state index is 12.4. The van der Waals surface area contributed by atoms with Gasteiger partial charge in [-0.1, -0.05) is 20.8 Å². The predicted molar refractivity (Wildman–Crippen MR) is 107 cm³/mol. The van der Waals surface area contributed by atoms with Crippen LogP contribution in [0.3, 0.4) is 0 Å². The number of hydrogen-bond donors (Lipinski definition) is 1. The Morgan fingerprint density at radius 1 is 1.46 bits per heavy atom. The zero-order chi connectivity index (χ0) is 18.5. The Morgan fingerprint density at radius 2 is 2.27 bits per heavy atom. The van der Waals surface area contributed by atoms with E-state index >= 15 is 0 Å². The molecule has 26 heavy (non-hydrogen) atoms. The van der Waals surface area contributed by atoms with Gasteiger partial charge in [-0.15, -0.1) is 23.1 Å². The van der Waals surface area contributed by atoms with Crippen LogP contribution < -0.4 is 10.9 Å². The number of rotatable bonds is 5. The van der Waals surface area contributed by atoms with Gasteiger partial charge in [0.1, 0.15) is 0 Å². The molecule has 0 aromatic carbocycles. The molecule has 4 rings (SSSR count). The van der Waals surface area contributed by atoms with Gasteiger partial charge in [0.2, 0.25) is 5.91 Å². The van der Waals surface area contributed by atoms with Gasteiger partial charge >= 0.3 is 0 Å². The molecule has 2 aromatic rings. The van der Waals surface area contributed by atoms with E-state index in [0.717, 1.165) is 18.0 Å². The summed E-state index contributed by atoms with van der Waals surface area (Å²) in [5.41, 5.74) is 1.19. The van der Waals surface area contributed by atoms with E-state index in [9.17, 15) is 9.59 Å². The summed E-state index contributed by atoms with van der Waals surface area (Å²) >= 11 is 2.96. The SMILES string of the molecule is CC1(C)C2CCC1(C)C(NC(=O)CSCc1cc(=O)n3ccsc3n1)C2. The van der Waals surface area contributed by atoms with Gasteiger partial charge in [0, 0.05) is 29.4 Å². The zero-order valence-corrected chi connectivity index (χ0v) is 17.1. The van der Waals surface area contributed by atoms with Crippen LogP contribution in [-0.4, -0.2) is 27.1 Å². The normalized spacial score (nSPS) is 29.3. The van der Waals surface area contributed by atoms with Gasteiger partial charge in [-0.3, -0.25) is 14.0 Å². The molecule has 3 atom stereocenters. The second-order valence-corrected chi connectivity index (χ2v) is 10.2. The molecule has 1 amide bonds. The first kappa shape index (κ1) is 18.0. The molecule has 2 fully saturated rings. The van der Waals surface area contributed by atoms with E-state index in [2.05, 4.69) is 31.1 Å². The fraction of sp³-hybridized carbons (Fsp3) is 0.632.